The molecule has 1 aromatic heterocycles. The van der Waals surface area contributed by atoms with Crippen molar-refractivity contribution < 1.29 is 21.6 Å². The van der Waals surface area contributed by atoms with E-state index in [2.05, 4.69) is 9.69 Å². The van der Waals surface area contributed by atoms with Gasteiger partial charge in [-0.3, -0.25) is 0 Å². The number of anilines is 2. The summed E-state index contributed by atoms with van der Waals surface area (Å²) in [5.74, 6) is -0.375. The van der Waals surface area contributed by atoms with E-state index in [0.717, 1.165) is 11.5 Å². The van der Waals surface area contributed by atoms with Gasteiger partial charge in [0.2, 0.25) is 0 Å². The minimum absolute atomic E-state index is 0.0543. The molecule has 1 aromatic rings. The fourth-order valence-corrected chi connectivity index (χ4v) is 3.36. The molecule has 0 atom stereocenters. The number of sulfone groups is 1. The van der Waals surface area contributed by atoms with Crippen LogP contribution in [-0.2, 0) is 9.84 Å². The van der Waals surface area contributed by atoms with Gasteiger partial charge in [-0.2, -0.15) is 17.5 Å². The molecule has 0 saturated heterocycles. The van der Waals surface area contributed by atoms with E-state index in [1.54, 1.807) is 0 Å². The molecule has 0 aromatic carbocycles. The monoisotopic (exact) mass is 303 g/mol. The van der Waals surface area contributed by atoms with Crippen molar-refractivity contribution >= 4 is 32.2 Å². The second kappa shape index (κ2) is 5.31. The fourth-order valence-electron chi connectivity index (χ4n) is 1.17. The maximum absolute atomic E-state index is 12.0. The number of alkyl halides is 3. The van der Waals surface area contributed by atoms with Crippen molar-refractivity contribution in [2.24, 2.45) is 0 Å². The van der Waals surface area contributed by atoms with Crippen LogP contribution < -0.4 is 11.1 Å². The minimum Gasteiger partial charge on any atom is -0.382 e. The zero-order valence-electron chi connectivity index (χ0n) is 9.41. The van der Waals surface area contributed by atoms with E-state index >= 15 is 0 Å². The molecule has 0 unspecified atom stereocenters. The summed E-state index contributed by atoms with van der Waals surface area (Å²) in [4.78, 5) is -0.211. The summed E-state index contributed by atoms with van der Waals surface area (Å²) in [5, 5.41) is 2.46. The quantitative estimate of drug-likeness (QED) is 0.867. The predicted octanol–water partition coefficient (Wildman–Crippen LogP) is 1.88. The van der Waals surface area contributed by atoms with Crippen LogP contribution in [0.15, 0.2) is 4.90 Å². The van der Waals surface area contributed by atoms with Crippen LogP contribution >= 0.6 is 11.5 Å². The highest BCUT2D eigenvalue weighted by atomic mass is 32.2. The second-order valence-electron chi connectivity index (χ2n) is 3.42. The lowest BCUT2D eigenvalue weighted by atomic mass is 10.4. The molecule has 0 spiro atoms. The van der Waals surface area contributed by atoms with E-state index < -0.39 is 29.0 Å². The molecule has 1 rings (SSSR count). The summed E-state index contributed by atoms with van der Waals surface area (Å²) in [6.07, 6.45) is -5.36. The molecule has 0 aliphatic carbocycles. The first kappa shape index (κ1) is 15.0. The van der Waals surface area contributed by atoms with E-state index in [1.165, 1.54) is 6.92 Å². The Kier molecular flexibility index (Phi) is 4.43. The molecule has 1 heterocycles. The first-order chi connectivity index (χ1) is 8.17. The molecule has 0 aliphatic heterocycles. The molecule has 3 N–H and O–H groups in total. The smallest absolute Gasteiger partial charge is 0.382 e. The fraction of sp³-hybridized carbons (Fsp3) is 0.625. The van der Waals surface area contributed by atoms with Gasteiger partial charge in [0.25, 0.3) is 0 Å². The van der Waals surface area contributed by atoms with Gasteiger partial charge in [0, 0.05) is 6.54 Å². The molecule has 0 saturated carbocycles. The topological polar surface area (TPSA) is 85.1 Å². The molecular weight excluding hydrogens is 291 g/mol. The van der Waals surface area contributed by atoms with Gasteiger partial charge in [0.05, 0.1) is 12.2 Å². The molecule has 0 radical (unpaired) electrons. The maximum atomic E-state index is 12.0. The van der Waals surface area contributed by atoms with Gasteiger partial charge in [0.15, 0.2) is 15.7 Å². The van der Waals surface area contributed by atoms with Crippen molar-refractivity contribution in [2.75, 3.05) is 23.3 Å². The SMILES string of the molecule is CCS(=O)(=O)c1c(N)nsc1NCCC(F)(F)F. The Hall–Kier alpha value is -1.03. The summed E-state index contributed by atoms with van der Waals surface area (Å²) in [6.45, 7) is 1.00. The number of hydrogen-bond acceptors (Lipinski definition) is 6. The average molecular weight is 303 g/mol. The Balaban J connectivity index is 2.86. The van der Waals surface area contributed by atoms with Crippen LogP contribution in [0.3, 0.4) is 0 Å². The third kappa shape index (κ3) is 3.73. The highest BCUT2D eigenvalue weighted by molar-refractivity contribution is 7.91. The van der Waals surface area contributed by atoms with E-state index in [-0.39, 0.29) is 21.5 Å². The third-order valence-corrected chi connectivity index (χ3v) is 4.80. The number of halogens is 3. The number of hydrogen-bond donors (Lipinski definition) is 2. The first-order valence-corrected chi connectivity index (χ1v) is 7.38. The Bertz CT molecular complexity index is 510. The van der Waals surface area contributed by atoms with Gasteiger partial charge in [-0.15, -0.1) is 0 Å². The van der Waals surface area contributed by atoms with Crippen molar-refractivity contribution in [3.63, 3.8) is 0 Å². The van der Waals surface area contributed by atoms with Gasteiger partial charge in [-0.25, -0.2) is 8.42 Å². The lowest BCUT2D eigenvalue weighted by molar-refractivity contribution is -0.131. The molecule has 0 bridgehead atoms. The maximum Gasteiger partial charge on any atom is 0.390 e. The summed E-state index contributed by atoms with van der Waals surface area (Å²) in [6, 6.07) is 0. The van der Waals surface area contributed by atoms with Crippen molar-refractivity contribution in [2.45, 2.75) is 24.4 Å². The molecule has 0 aliphatic rings. The normalized spacial score (nSPS) is 12.7. The first-order valence-electron chi connectivity index (χ1n) is 4.96. The zero-order chi connectivity index (χ0) is 14.0. The summed E-state index contributed by atoms with van der Waals surface area (Å²) >= 11 is 0.736. The number of rotatable bonds is 5. The molecule has 10 heteroatoms. The lowest BCUT2D eigenvalue weighted by Gasteiger charge is -2.08. The Labute approximate surface area is 106 Å². The average Bonchev–Trinajstić information content (AvgIpc) is 2.58. The van der Waals surface area contributed by atoms with Gasteiger partial charge < -0.3 is 11.1 Å². The molecule has 0 amide bonds. The van der Waals surface area contributed by atoms with Crippen molar-refractivity contribution in [1.29, 1.82) is 0 Å². The van der Waals surface area contributed by atoms with Crippen molar-refractivity contribution in [1.82, 2.24) is 4.37 Å². The molecule has 104 valence electrons. The Morgan fingerprint density at radius 2 is 2.06 bits per heavy atom. The van der Waals surface area contributed by atoms with Crippen LogP contribution in [0.2, 0.25) is 0 Å². The van der Waals surface area contributed by atoms with Crippen LogP contribution in [-0.4, -0.2) is 31.3 Å². The van der Waals surface area contributed by atoms with Gasteiger partial charge in [0.1, 0.15) is 9.90 Å². The number of nitrogens with zero attached hydrogens (tertiary/aromatic N) is 1. The van der Waals surface area contributed by atoms with E-state index in [0.29, 0.717) is 0 Å². The van der Waals surface area contributed by atoms with Gasteiger partial charge in [-0.1, -0.05) is 6.92 Å². The number of aromatic nitrogens is 1. The van der Waals surface area contributed by atoms with Crippen LogP contribution in [0.25, 0.3) is 0 Å². The van der Waals surface area contributed by atoms with Crippen LogP contribution in [0.4, 0.5) is 24.0 Å². The van der Waals surface area contributed by atoms with E-state index in [9.17, 15) is 21.6 Å². The second-order valence-corrected chi connectivity index (χ2v) is 6.41. The Morgan fingerprint density at radius 1 is 1.44 bits per heavy atom. The third-order valence-electron chi connectivity index (χ3n) is 2.06. The van der Waals surface area contributed by atoms with Crippen molar-refractivity contribution in [3.05, 3.63) is 0 Å². The zero-order valence-corrected chi connectivity index (χ0v) is 11.0. The molecule has 0 fully saturated rings. The van der Waals surface area contributed by atoms with Gasteiger partial charge in [-0.05, 0) is 11.5 Å². The largest absolute Gasteiger partial charge is 0.390 e. The Morgan fingerprint density at radius 3 is 2.56 bits per heavy atom. The number of nitrogens with two attached hydrogens (primary N) is 1. The minimum atomic E-state index is -4.30. The predicted molar refractivity (Wildman–Crippen MR) is 63.4 cm³/mol. The van der Waals surface area contributed by atoms with Crippen LogP contribution in [0.1, 0.15) is 13.3 Å². The van der Waals surface area contributed by atoms with E-state index in [4.69, 9.17) is 5.73 Å². The summed E-state index contributed by atoms with van der Waals surface area (Å²) < 4.78 is 62.9. The molecular formula is C8H12F3N3O2S2. The van der Waals surface area contributed by atoms with Gasteiger partial charge >= 0.3 is 6.18 Å². The van der Waals surface area contributed by atoms with E-state index in [1.807, 2.05) is 0 Å². The summed E-state index contributed by atoms with van der Waals surface area (Å²) in [7, 11) is -3.60. The lowest BCUT2D eigenvalue weighted by Crippen LogP contribution is -2.15. The van der Waals surface area contributed by atoms with Crippen LogP contribution in [0.5, 0.6) is 0 Å². The number of nitrogens with one attached hydrogen (secondary N) is 1. The number of nitrogen functional groups attached to an aromatic ring is 1. The highest BCUT2D eigenvalue weighted by Crippen LogP contribution is 2.32. The standard InChI is InChI=1S/C8H12F3N3O2S2/c1-2-18(15,16)5-6(12)14-17-7(5)13-4-3-8(9,10)11/h13H,2-4H2,1H3,(H2,12,14). The molecule has 18 heavy (non-hydrogen) atoms. The van der Waals surface area contributed by atoms with Crippen LogP contribution in [0, 0.1) is 0 Å². The highest BCUT2D eigenvalue weighted by Gasteiger charge is 2.28. The summed E-state index contributed by atoms with van der Waals surface area (Å²) in [5.41, 5.74) is 5.42. The molecule has 5 nitrogen and oxygen atoms in total. The van der Waals surface area contributed by atoms with Crippen molar-refractivity contribution in [3.8, 4) is 0 Å².